The van der Waals surface area contributed by atoms with Crippen LogP contribution in [-0.2, 0) is 4.79 Å². The summed E-state index contributed by atoms with van der Waals surface area (Å²) >= 11 is 3.50. The third-order valence-electron chi connectivity index (χ3n) is 4.03. The van der Waals surface area contributed by atoms with E-state index in [1.165, 1.54) is 5.56 Å². The van der Waals surface area contributed by atoms with E-state index >= 15 is 0 Å². The van der Waals surface area contributed by atoms with E-state index in [2.05, 4.69) is 33.4 Å². The molecule has 3 heteroatoms. The summed E-state index contributed by atoms with van der Waals surface area (Å²) in [5.74, 6) is 0.674. The average Bonchev–Trinajstić information content (AvgIpc) is 3.35. The second kappa shape index (κ2) is 6.44. The van der Waals surface area contributed by atoms with Gasteiger partial charge in [0, 0.05) is 11.2 Å². The number of alkyl halides is 1. The fourth-order valence-corrected chi connectivity index (χ4v) is 3.26. The molecule has 21 heavy (non-hydrogen) atoms. The quantitative estimate of drug-likeness (QED) is 0.815. The Hall–Kier alpha value is -1.61. The molecule has 2 aromatic carbocycles. The minimum absolute atomic E-state index is 0.0377. The number of hydrogen-bond acceptors (Lipinski definition) is 1. The van der Waals surface area contributed by atoms with Crippen LogP contribution in [0, 0.1) is 5.92 Å². The minimum Gasteiger partial charge on any atom is -0.348 e. The van der Waals surface area contributed by atoms with Gasteiger partial charge in [0.1, 0.15) is 0 Å². The van der Waals surface area contributed by atoms with Crippen molar-refractivity contribution in [1.82, 2.24) is 5.32 Å². The number of carbonyl (C=O) groups is 1. The van der Waals surface area contributed by atoms with Gasteiger partial charge in [0.15, 0.2) is 0 Å². The van der Waals surface area contributed by atoms with Crippen LogP contribution in [0.25, 0.3) is 0 Å². The van der Waals surface area contributed by atoms with Gasteiger partial charge in [-0.05, 0) is 23.5 Å². The zero-order valence-electron chi connectivity index (χ0n) is 11.7. The average molecular weight is 344 g/mol. The number of amides is 1. The number of nitrogens with one attached hydrogen (secondary N) is 1. The summed E-state index contributed by atoms with van der Waals surface area (Å²) in [7, 11) is 0. The van der Waals surface area contributed by atoms with E-state index in [0.29, 0.717) is 5.92 Å². The van der Waals surface area contributed by atoms with Crippen molar-refractivity contribution in [2.45, 2.75) is 18.4 Å². The monoisotopic (exact) mass is 343 g/mol. The van der Waals surface area contributed by atoms with Gasteiger partial charge in [-0.15, -0.1) is 0 Å². The van der Waals surface area contributed by atoms with Gasteiger partial charge in [0.25, 0.3) is 0 Å². The molecule has 2 nitrogen and oxygen atoms in total. The normalized spacial score (nSPS) is 21.6. The summed E-state index contributed by atoms with van der Waals surface area (Å²) in [5, 5.41) is 3.89. The second-order valence-corrected chi connectivity index (χ2v) is 6.13. The Morgan fingerprint density at radius 2 is 1.71 bits per heavy atom. The smallest absolute Gasteiger partial charge is 0.224 e. The molecule has 0 aliphatic heterocycles. The maximum atomic E-state index is 12.4. The lowest BCUT2D eigenvalue weighted by Crippen LogP contribution is -2.31. The standard InChI is InChI=1S/C18H18BrNO/c19-12-17(14-9-5-2-6-10-14)20-18(21)16-11-15(16)13-7-3-1-4-8-13/h1-10,15-17H,11-12H2,(H,20,21). The summed E-state index contributed by atoms with van der Waals surface area (Å²) in [6.45, 7) is 0. The molecule has 3 unspecified atom stereocenters. The zero-order chi connectivity index (χ0) is 14.7. The van der Waals surface area contributed by atoms with E-state index < -0.39 is 0 Å². The van der Waals surface area contributed by atoms with Crippen LogP contribution in [0.3, 0.4) is 0 Å². The lowest BCUT2D eigenvalue weighted by atomic mass is 10.1. The number of hydrogen-bond donors (Lipinski definition) is 1. The second-order valence-electron chi connectivity index (χ2n) is 5.49. The highest BCUT2D eigenvalue weighted by atomic mass is 79.9. The van der Waals surface area contributed by atoms with E-state index in [0.717, 1.165) is 17.3 Å². The van der Waals surface area contributed by atoms with Crippen molar-refractivity contribution in [3.63, 3.8) is 0 Å². The molecule has 0 spiro atoms. The fraction of sp³-hybridized carbons (Fsp3) is 0.278. The van der Waals surface area contributed by atoms with Crippen molar-refractivity contribution in [3.8, 4) is 0 Å². The van der Waals surface area contributed by atoms with Crippen molar-refractivity contribution >= 4 is 21.8 Å². The third kappa shape index (κ3) is 3.35. The predicted octanol–water partition coefficient (Wildman–Crippen LogP) is 4.04. The van der Waals surface area contributed by atoms with Crippen molar-refractivity contribution in [1.29, 1.82) is 0 Å². The lowest BCUT2D eigenvalue weighted by Gasteiger charge is -2.16. The fourth-order valence-electron chi connectivity index (χ4n) is 2.73. The molecule has 0 heterocycles. The summed E-state index contributed by atoms with van der Waals surface area (Å²) in [4.78, 5) is 12.4. The molecule has 1 amide bonds. The summed E-state index contributed by atoms with van der Waals surface area (Å²) in [6, 6.07) is 20.4. The van der Waals surface area contributed by atoms with Gasteiger partial charge < -0.3 is 5.32 Å². The number of carbonyl (C=O) groups excluding carboxylic acids is 1. The largest absolute Gasteiger partial charge is 0.348 e. The molecule has 1 aliphatic carbocycles. The maximum Gasteiger partial charge on any atom is 0.224 e. The van der Waals surface area contributed by atoms with Gasteiger partial charge in [-0.3, -0.25) is 4.79 Å². The molecule has 0 saturated heterocycles. The lowest BCUT2D eigenvalue weighted by molar-refractivity contribution is -0.123. The molecule has 1 aliphatic rings. The van der Waals surface area contributed by atoms with Crippen molar-refractivity contribution in [2.75, 3.05) is 5.33 Å². The van der Waals surface area contributed by atoms with Gasteiger partial charge in [-0.2, -0.15) is 0 Å². The highest BCUT2D eigenvalue weighted by Crippen LogP contribution is 2.47. The molecule has 3 atom stereocenters. The van der Waals surface area contributed by atoms with Crippen LogP contribution in [0.5, 0.6) is 0 Å². The van der Waals surface area contributed by atoms with Gasteiger partial charge in [0.05, 0.1) is 6.04 Å². The third-order valence-corrected chi connectivity index (χ3v) is 4.68. The van der Waals surface area contributed by atoms with E-state index in [-0.39, 0.29) is 17.9 Å². The van der Waals surface area contributed by atoms with Crippen LogP contribution >= 0.6 is 15.9 Å². The number of rotatable bonds is 5. The van der Waals surface area contributed by atoms with Crippen LogP contribution in [0.2, 0.25) is 0 Å². The molecule has 3 rings (SSSR count). The first-order valence-corrected chi connectivity index (χ1v) is 8.38. The van der Waals surface area contributed by atoms with Crippen LogP contribution in [0.1, 0.15) is 29.5 Å². The Bertz CT molecular complexity index is 599. The molecular weight excluding hydrogens is 326 g/mol. The van der Waals surface area contributed by atoms with Crippen LogP contribution in [0.4, 0.5) is 0 Å². The topological polar surface area (TPSA) is 29.1 Å². The highest BCUT2D eigenvalue weighted by molar-refractivity contribution is 9.09. The highest BCUT2D eigenvalue weighted by Gasteiger charge is 2.44. The molecular formula is C18H18BrNO. The summed E-state index contributed by atoms with van der Waals surface area (Å²) in [6.07, 6.45) is 0.958. The predicted molar refractivity (Wildman–Crippen MR) is 88.4 cm³/mol. The van der Waals surface area contributed by atoms with E-state index in [9.17, 15) is 4.79 Å². The van der Waals surface area contributed by atoms with E-state index in [1.54, 1.807) is 0 Å². The first-order chi connectivity index (χ1) is 10.3. The summed E-state index contributed by atoms with van der Waals surface area (Å²) < 4.78 is 0. The van der Waals surface area contributed by atoms with Crippen molar-refractivity contribution in [3.05, 3.63) is 71.8 Å². The molecule has 0 aromatic heterocycles. The number of benzene rings is 2. The van der Waals surface area contributed by atoms with E-state index in [1.807, 2.05) is 48.5 Å². The molecule has 0 bridgehead atoms. The Kier molecular flexibility index (Phi) is 4.39. The van der Waals surface area contributed by atoms with Gasteiger partial charge >= 0.3 is 0 Å². The molecule has 1 N–H and O–H groups in total. The molecule has 2 aromatic rings. The molecule has 1 fully saturated rings. The van der Waals surface area contributed by atoms with Crippen molar-refractivity contribution in [2.24, 2.45) is 5.92 Å². The molecule has 1 saturated carbocycles. The van der Waals surface area contributed by atoms with Crippen molar-refractivity contribution < 1.29 is 4.79 Å². The first kappa shape index (κ1) is 14.3. The van der Waals surface area contributed by atoms with Gasteiger partial charge in [-0.1, -0.05) is 76.6 Å². The van der Waals surface area contributed by atoms with Crippen LogP contribution in [-0.4, -0.2) is 11.2 Å². The van der Waals surface area contributed by atoms with Gasteiger partial charge in [-0.25, -0.2) is 0 Å². The maximum absolute atomic E-state index is 12.4. The van der Waals surface area contributed by atoms with Crippen LogP contribution in [0.15, 0.2) is 60.7 Å². The summed E-state index contributed by atoms with van der Waals surface area (Å²) in [5.41, 5.74) is 2.41. The number of halogens is 1. The zero-order valence-corrected chi connectivity index (χ0v) is 13.3. The Morgan fingerprint density at radius 1 is 1.10 bits per heavy atom. The Morgan fingerprint density at radius 3 is 2.33 bits per heavy atom. The van der Waals surface area contributed by atoms with E-state index in [4.69, 9.17) is 0 Å². The van der Waals surface area contributed by atoms with Gasteiger partial charge in [0.2, 0.25) is 5.91 Å². The molecule has 0 radical (unpaired) electrons. The Labute approximate surface area is 133 Å². The molecule has 108 valence electrons. The van der Waals surface area contributed by atoms with Crippen LogP contribution < -0.4 is 5.32 Å². The minimum atomic E-state index is 0.0377. The SMILES string of the molecule is O=C(NC(CBr)c1ccccc1)C1CC1c1ccccc1. The first-order valence-electron chi connectivity index (χ1n) is 7.26. The Balaban J connectivity index is 1.62.